The zero-order chi connectivity index (χ0) is 18.8. The van der Waals surface area contributed by atoms with Gasteiger partial charge >= 0.3 is 0 Å². The molecule has 2 unspecified atom stereocenters. The van der Waals surface area contributed by atoms with Crippen LogP contribution in [0.5, 0.6) is 0 Å². The number of nitrogens with zero attached hydrogens (tertiary/aromatic N) is 5. The lowest BCUT2D eigenvalue weighted by molar-refractivity contribution is 0.482. The van der Waals surface area contributed by atoms with Gasteiger partial charge in [0.15, 0.2) is 5.65 Å². The molecule has 0 N–H and O–H groups in total. The molecular weight excluding hydrogens is 346 g/mol. The molecule has 3 aliphatic rings. The fourth-order valence-corrected chi connectivity index (χ4v) is 5.88. The van der Waals surface area contributed by atoms with Gasteiger partial charge in [-0.2, -0.15) is 10.5 Å². The normalized spacial score (nSPS) is 23.9. The summed E-state index contributed by atoms with van der Waals surface area (Å²) in [7, 11) is 0. The monoisotopic (exact) mass is 367 g/mol. The summed E-state index contributed by atoms with van der Waals surface area (Å²) >= 11 is 0. The third-order valence-electron chi connectivity index (χ3n) is 7.13. The van der Waals surface area contributed by atoms with E-state index < -0.39 is 0 Å². The Kier molecular flexibility index (Phi) is 3.26. The molecule has 1 saturated heterocycles. The van der Waals surface area contributed by atoms with Crippen molar-refractivity contribution in [2.24, 2.45) is 5.92 Å². The summed E-state index contributed by atoms with van der Waals surface area (Å²) in [6, 6.07) is 13.2. The van der Waals surface area contributed by atoms with E-state index in [1.807, 2.05) is 18.2 Å². The van der Waals surface area contributed by atoms with E-state index in [4.69, 9.17) is 4.98 Å². The van der Waals surface area contributed by atoms with E-state index in [-0.39, 0.29) is 5.92 Å². The third-order valence-corrected chi connectivity index (χ3v) is 7.13. The van der Waals surface area contributed by atoms with Gasteiger partial charge in [-0.05, 0) is 61.6 Å². The number of piperidine rings is 1. The number of pyridine rings is 1. The molecule has 1 aliphatic heterocycles. The van der Waals surface area contributed by atoms with Crippen molar-refractivity contribution in [3.63, 3.8) is 0 Å². The maximum absolute atomic E-state index is 10.1. The first-order valence-electron chi connectivity index (χ1n) is 10.3. The number of aromatic nitrogens is 2. The second kappa shape index (κ2) is 5.72. The van der Waals surface area contributed by atoms with Gasteiger partial charge in [0.1, 0.15) is 11.9 Å². The lowest BCUT2D eigenvalue weighted by Crippen LogP contribution is -2.35. The molecule has 5 heteroatoms. The average molecular weight is 367 g/mol. The minimum absolute atomic E-state index is 0.161. The molecule has 0 spiro atoms. The van der Waals surface area contributed by atoms with Gasteiger partial charge in [-0.25, -0.2) is 4.98 Å². The second-order valence-electron chi connectivity index (χ2n) is 8.49. The van der Waals surface area contributed by atoms with Crippen LogP contribution in [0.15, 0.2) is 24.3 Å². The largest absolute Gasteiger partial charge is 0.357 e. The topological polar surface area (TPSA) is 68.1 Å². The highest BCUT2D eigenvalue weighted by Gasteiger charge is 2.43. The predicted octanol–water partition coefficient (Wildman–Crippen LogP) is 4.46. The molecule has 2 aromatic heterocycles. The quantitative estimate of drug-likeness (QED) is 0.637. The summed E-state index contributed by atoms with van der Waals surface area (Å²) in [5.41, 5.74) is 6.31. The predicted molar refractivity (Wildman–Crippen MR) is 107 cm³/mol. The van der Waals surface area contributed by atoms with Crippen molar-refractivity contribution in [3.05, 3.63) is 41.0 Å². The molecule has 0 amide bonds. The molecule has 5 nitrogen and oxygen atoms in total. The van der Waals surface area contributed by atoms with Crippen molar-refractivity contribution in [2.45, 2.75) is 43.9 Å². The summed E-state index contributed by atoms with van der Waals surface area (Å²) in [5, 5.41) is 19.4. The van der Waals surface area contributed by atoms with Crippen LogP contribution in [-0.4, -0.2) is 22.5 Å². The highest BCUT2D eigenvalue weighted by molar-refractivity contribution is 5.87. The second-order valence-corrected chi connectivity index (χ2v) is 8.49. The maximum atomic E-state index is 10.1. The van der Waals surface area contributed by atoms with Crippen LogP contribution < -0.4 is 4.90 Å². The Morgan fingerprint density at radius 3 is 2.46 bits per heavy atom. The molecule has 2 atom stereocenters. The van der Waals surface area contributed by atoms with E-state index in [0.717, 1.165) is 48.2 Å². The Balaban J connectivity index is 1.69. The Morgan fingerprint density at radius 2 is 1.71 bits per heavy atom. The molecule has 2 aliphatic carbocycles. The Bertz CT molecular complexity index is 1200. The fourth-order valence-electron chi connectivity index (χ4n) is 5.88. The van der Waals surface area contributed by atoms with E-state index >= 15 is 0 Å². The van der Waals surface area contributed by atoms with E-state index in [1.165, 1.54) is 36.2 Å². The van der Waals surface area contributed by atoms with Crippen LogP contribution in [0.1, 0.15) is 60.6 Å². The number of nitriles is 2. The van der Waals surface area contributed by atoms with Gasteiger partial charge in [-0.15, -0.1) is 0 Å². The molecule has 3 heterocycles. The lowest BCUT2D eigenvalue weighted by Gasteiger charge is -2.35. The van der Waals surface area contributed by atoms with Crippen molar-refractivity contribution in [2.75, 3.05) is 18.0 Å². The minimum atomic E-state index is 0.161. The lowest BCUT2D eigenvalue weighted by atomic mass is 9.88. The molecule has 2 bridgehead atoms. The van der Waals surface area contributed by atoms with Crippen LogP contribution in [0.4, 0.5) is 5.82 Å². The van der Waals surface area contributed by atoms with E-state index in [1.54, 1.807) is 0 Å². The van der Waals surface area contributed by atoms with Gasteiger partial charge in [0, 0.05) is 24.6 Å². The van der Waals surface area contributed by atoms with Crippen LogP contribution in [0.3, 0.4) is 0 Å². The van der Waals surface area contributed by atoms with Crippen molar-refractivity contribution < 1.29 is 0 Å². The number of para-hydroxylation sites is 2. The first kappa shape index (κ1) is 16.0. The van der Waals surface area contributed by atoms with E-state index in [2.05, 4.69) is 27.5 Å². The summed E-state index contributed by atoms with van der Waals surface area (Å²) in [5.74, 6) is 2.48. The summed E-state index contributed by atoms with van der Waals surface area (Å²) in [6.07, 6.45) is 5.42. The molecular formula is C23H21N5. The fraction of sp³-hybridized carbons (Fsp3) is 0.435. The highest BCUT2D eigenvalue weighted by atomic mass is 15.2. The molecule has 138 valence electrons. The number of imidazole rings is 1. The van der Waals surface area contributed by atoms with Gasteiger partial charge in [0.25, 0.3) is 0 Å². The standard InChI is InChI=1S/C23H21N5/c24-12-14-7-9-27(10-8-14)23-21-16-6-5-15(11-16)20(21)17(13-25)22-26-18-3-1-2-4-19(18)28(22)23/h1-4,14-16H,5-11H2. The number of hydrogen-bond acceptors (Lipinski definition) is 4. The van der Waals surface area contributed by atoms with Gasteiger partial charge in [-0.3, -0.25) is 4.40 Å². The summed E-state index contributed by atoms with van der Waals surface area (Å²) in [6.45, 7) is 1.80. The minimum Gasteiger partial charge on any atom is -0.357 e. The van der Waals surface area contributed by atoms with Crippen LogP contribution in [-0.2, 0) is 0 Å². The number of fused-ring (bicyclic) bond motifs is 8. The van der Waals surface area contributed by atoms with Crippen molar-refractivity contribution in [1.29, 1.82) is 10.5 Å². The Labute approximate surface area is 163 Å². The van der Waals surface area contributed by atoms with Gasteiger partial charge < -0.3 is 4.90 Å². The molecule has 28 heavy (non-hydrogen) atoms. The summed E-state index contributed by atoms with van der Waals surface area (Å²) < 4.78 is 2.25. The van der Waals surface area contributed by atoms with Crippen LogP contribution >= 0.6 is 0 Å². The Morgan fingerprint density at radius 1 is 0.964 bits per heavy atom. The van der Waals surface area contributed by atoms with Gasteiger partial charge in [-0.1, -0.05) is 12.1 Å². The SMILES string of the molecule is N#Cc1c2c(c(N3CCC(C#N)CC3)n3c1nc1ccccc13)C1CCC2C1. The van der Waals surface area contributed by atoms with Crippen LogP contribution in [0, 0.1) is 28.6 Å². The van der Waals surface area contributed by atoms with Crippen LogP contribution in [0.2, 0.25) is 0 Å². The van der Waals surface area contributed by atoms with Gasteiger partial charge in [0.2, 0.25) is 0 Å². The smallest absolute Gasteiger partial charge is 0.157 e. The zero-order valence-corrected chi connectivity index (χ0v) is 15.7. The van der Waals surface area contributed by atoms with E-state index in [9.17, 15) is 10.5 Å². The number of hydrogen-bond donors (Lipinski definition) is 0. The van der Waals surface area contributed by atoms with Crippen molar-refractivity contribution >= 4 is 22.5 Å². The van der Waals surface area contributed by atoms with E-state index in [0.29, 0.717) is 11.8 Å². The van der Waals surface area contributed by atoms with Gasteiger partial charge in [0.05, 0.1) is 22.7 Å². The number of benzene rings is 1. The van der Waals surface area contributed by atoms with Crippen molar-refractivity contribution in [1.82, 2.24) is 9.38 Å². The third kappa shape index (κ3) is 1.97. The Hall–Kier alpha value is -3.05. The molecule has 3 aromatic rings. The summed E-state index contributed by atoms with van der Waals surface area (Å²) in [4.78, 5) is 7.36. The average Bonchev–Trinajstić information content (AvgIpc) is 3.45. The van der Waals surface area contributed by atoms with Crippen LogP contribution in [0.25, 0.3) is 16.7 Å². The molecule has 6 rings (SSSR count). The molecule has 1 saturated carbocycles. The van der Waals surface area contributed by atoms with Crippen molar-refractivity contribution in [3.8, 4) is 12.1 Å². The first-order chi connectivity index (χ1) is 13.8. The highest BCUT2D eigenvalue weighted by Crippen LogP contribution is 2.57. The number of rotatable bonds is 1. The maximum Gasteiger partial charge on any atom is 0.157 e. The molecule has 0 radical (unpaired) electrons. The molecule has 2 fully saturated rings. The molecule has 1 aromatic carbocycles. The first-order valence-corrected chi connectivity index (χ1v) is 10.3. The zero-order valence-electron chi connectivity index (χ0n) is 15.7. The number of anilines is 1.